The molecule has 0 unspecified atom stereocenters. The van der Waals surface area contributed by atoms with E-state index in [9.17, 15) is 0 Å². The van der Waals surface area contributed by atoms with Crippen molar-refractivity contribution >= 4 is 0 Å². The summed E-state index contributed by atoms with van der Waals surface area (Å²) < 4.78 is 5.72. The highest BCUT2D eigenvalue weighted by atomic mass is 16.5. The van der Waals surface area contributed by atoms with Crippen molar-refractivity contribution in [3.05, 3.63) is 35.2 Å². The van der Waals surface area contributed by atoms with Crippen LogP contribution in [-0.4, -0.2) is 6.61 Å². The number of hydrogen-bond acceptors (Lipinski definition) is 1. The van der Waals surface area contributed by atoms with Gasteiger partial charge in [-0.1, -0.05) is 26.0 Å². The molecule has 1 saturated carbocycles. The first-order valence-corrected chi connectivity index (χ1v) is 5.79. The van der Waals surface area contributed by atoms with E-state index in [4.69, 9.17) is 4.74 Å². The summed E-state index contributed by atoms with van der Waals surface area (Å²) in [5, 5.41) is 0. The van der Waals surface area contributed by atoms with Gasteiger partial charge in [0, 0.05) is 0 Å². The van der Waals surface area contributed by atoms with Gasteiger partial charge in [0.05, 0.1) is 6.61 Å². The van der Waals surface area contributed by atoms with Gasteiger partial charge in [-0.2, -0.15) is 0 Å². The number of rotatable bonds is 4. The Balaban J connectivity index is 2.30. The summed E-state index contributed by atoms with van der Waals surface area (Å²) in [5.74, 6) is 3.20. The van der Waals surface area contributed by atoms with Crippen LogP contribution in [0.2, 0.25) is 0 Å². The van der Waals surface area contributed by atoms with E-state index in [0.717, 1.165) is 18.3 Å². The standard InChI is InChI=1S/C14H19O/c1-4-15-14-9-12(10(2)3)7-8-13(14)11-5-6-11/h7-9,11H,4-6H2,1-3H3. The topological polar surface area (TPSA) is 9.23 Å². The molecule has 1 aliphatic carbocycles. The van der Waals surface area contributed by atoms with Crippen LogP contribution in [0.3, 0.4) is 0 Å². The molecule has 15 heavy (non-hydrogen) atoms. The second-order valence-electron chi connectivity index (χ2n) is 4.46. The Morgan fingerprint density at radius 1 is 1.33 bits per heavy atom. The second-order valence-corrected chi connectivity index (χ2v) is 4.46. The van der Waals surface area contributed by atoms with Crippen molar-refractivity contribution in [2.75, 3.05) is 6.61 Å². The first-order valence-electron chi connectivity index (χ1n) is 5.79. The van der Waals surface area contributed by atoms with Crippen LogP contribution in [0.1, 0.15) is 50.7 Å². The van der Waals surface area contributed by atoms with Gasteiger partial charge in [-0.3, -0.25) is 0 Å². The summed E-state index contributed by atoms with van der Waals surface area (Å²) in [4.78, 5) is 0. The van der Waals surface area contributed by atoms with Crippen molar-refractivity contribution in [1.29, 1.82) is 0 Å². The molecular formula is C14H19O. The van der Waals surface area contributed by atoms with Crippen LogP contribution in [0.15, 0.2) is 18.2 Å². The third-order valence-corrected chi connectivity index (χ3v) is 2.91. The summed E-state index contributed by atoms with van der Waals surface area (Å²) in [6.45, 7) is 7.08. The summed E-state index contributed by atoms with van der Waals surface area (Å²) in [6, 6.07) is 6.64. The van der Waals surface area contributed by atoms with E-state index in [-0.39, 0.29) is 0 Å². The summed E-state index contributed by atoms with van der Waals surface area (Å²) in [5.41, 5.74) is 2.70. The maximum atomic E-state index is 5.72. The number of hydrogen-bond donors (Lipinski definition) is 0. The van der Waals surface area contributed by atoms with Gasteiger partial charge in [-0.15, -0.1) is 0 Å². The molecule has 0 atom stereocenters. The molecule has 1 aromatic rings. The molecule has 0 saturated heterocycles. The molecule has 1 heteroatoms. The quantitative estimate of drug-likeness (QED) is 0.720. The maximum absolute atomic E-state index is 5.72. The molecule has 0 spiro atoms. The van der Waals surface area contributed by atoms with Crippen LogP contribution >= 0.6 is 0 Å². The van der Waals surface area contributed by atoms with Crippen LogP contribution < -0.4 is 4.74 Å². The molecule has 2 rings (SSSR count). The Kier molecular flexibility index (Phi) is 2.99. The molecule has 0 heterocycles. The van der Waals surface area contributed by atoms with Gasteiger partial charge in [0.2, 0.25) is 0 Å². The van der Waals surface area contributed by atoms with Gasteiger partial charge < -0.3 is 4.74 Å². The fraction of sp³-hybridized carbons (Fsp3) is 0.500. The highest BCUT2D eigenvalue weighted by Gasteiger charge is 2.26. The lowest BCUT2D eigenvalue weighted by molar-refractivity contribution is 0.336. The van der Waals surface area contributed by atoms with Crippen molar-refractivity contribution in [2.24, 2.45) is 0 Å². The zero-order valence-corrected chi connectivity index (χ0v) is 9.84. The highest BCUT2D eigenvalue weighted by Crippen LogP contribution is 2.44. The normalized spacial score (nSPS) is 15.7. The lowest BCUT2D eigenvalue weighted by Gasteiger charge is -2.13. The molecule has 81 valence electrons. The largest absolute Gasteiger partial charge is 0.494 e. The molecule has 1 nitrogen and oxygen atoms in total. The molecule has 1 fully saturated rings. The van der Waals surface area contributed by atoms with Crippen molar-refractivity contribution in [1.82, 2.24) is 0 Å². The highest BCUT2D eigenvalue weighted by molar-refractivity contribution is 5.45. The van der Waals surface area contributed by atoms with E-state index < -0.39 is 0 Å². The van der Waals surface area contributed by atoms with Crippen LogP contribution in [0.25, 0.3) is 0 Å². The second kappa shape index (κ2) is 4.26. The zero-order valence-electron chi connectivity index (χ0n) is 9.84. The third-order valence-electron chi connectivity index (χ3n) is 2.91. The van der Waals surface area contributed by atoms with E-state index in [1.807, 2.05) is 6.92 Å². The molecular weight excluding hydrogens is 184 g/mol. The molecule has 0 N–H and O–H groups in total. The van der Waals surface area contributed by atoms with E-state index >= 15 is 0 Å². The maximum Gasteiger partial charge on any atom is 0.123 e. The predicted molar refractivity (Wildman–Crippen MR) is 63.3 cm³/mol. The molecule has 1 radical (unpaired) electrons. The summed E-state index contributed by atoms with van der Waals surface area (Å²) >= 11 is 0. The van der Waals surface area contributed by atoms with Crippen LogP contribution in [0.4, 0.5) is 0 Å². The van der Waals surface area contributed by atoms with Crippen LogP contribution in [0, 0.1) is 5.92 Å². The van der Waals surface area contributed by atoms with Gasteiger partial charge >= 0.3 is 0 Å². The molecule has 0 bridgehead atoms. The Bertz CT molecular complexity index is 337. The fourth-order valence-electron chi connectivity index (χ4n) is 1.86. The van der Waals surface area contributed by atoms with Crippen molar-refractivity contribution in [2.45, 2.75) is 39.5 Å². The van der Waals surface area contributed by atoms with Crippen LogP contribution in [-0.2, 0) is 0 Å². The van der Waals surface area contributed by atoms with E-state index in [1.54, 1.807) is 0 Å². The third kappa shape index (κ3) is 2.34. The number of benzene rings is 1. The minimum atomic E-state index is 0.756. The Morgan fingerprint density at radius 3 is 2.60 bits per heavy atom. The average Bonchev–Trinajstić information content (AvgIpc) is 3.01. The monoisotopic (exact) mass is 203 g/mol. The van der Waals surface area contributed by atoms with Crippen molar-refractivity contribution in [3.8, 4) is 5.75 Å². The molecule has 0 aromatic heterocycles. The van der Waals surface area contributed by atoms with E-state index in [0.29, 0.717) is 0 Å². The van der Waals surface area contributed by atoms with Gasteiger partial charge in [0.15, 0.2) is 0 Å². The number of ether oxygens (including phenoxy) is 1. The first-order chi connectivity index (χ1) is 7.22. The molecule has 0 aliphatic heterocycles. The fourth-order valence-corrected chi connectivity index (χ4v) is 1.86. The predicted octanol–water partition coefficient (Wildman–Crippen LogP) is 3.93. The Labute approximate surface area is 92.5 Å². The molecule has 0 amide bonds. The molecule has 1 aromatic carbocycles. The van der Waals surface area contributed by atoms with Crippen molar-refractivity contribution < 1.29 is 4.74 Å². The lowest BCUT2D eigenvalue weighted by atomic mass is 9.99. The van der Waals surface area contributed by atoms with E-state index in [1.165, 1.54) is 29.9 Å². The summed E-state index contributed by atoms with van der Waals surface area (Å²) in [6.07, 6.45) is 2.66. The Hall–Kier alpha value is -0.980. The van der Waals surface area contributed by atoms with Gasteiger partial charge in [-0.05, 0) is 48.8 Å². The molecule has 1 aliphatic rings. The average molecular weight is 203 g/mol. The minimum Gasteiger partial charge on any atom is -0.494 e. The van der Waals surface area contributed by atoms with Gasteiger partial charge in [0.25, 0.3) is 0 Å². The lowest BCUT2D eigenvalue weighted by Crippen LogP contribution is -1.98. The van der Waals surface area contributed by atoms with Gasteiger partial charge in [-0.25, -0.2) is 0 Å². The Morgan fingerprint density at radius 2 is 2.07 bits per heavy atom. The van der Waals surface area contributed by atoms with Crippen LogP contribution in [0.5, 0.6) is 5.75 Å². The van der Waals surface area contributed by atoms with E-state index in [2.05, 4.69) is 32.0 Å². The minimum absolute atomic E-state index is 0.756. The SMILES string of the molecule is CCOc1cc([C](C)C)ccc1C1CC1. The zero-order chi connectivity index (χ0) is 10.8. The summed E-state index contributed by atoms with van der Waals surface area (Å²) in [7, 11) is 0. The van der Waals surface area contributed by atoms with Gasteiger partial charge in [0.1, 0.15) is 5.75 Å². The van der Waals surface area contributed by atoms with Crippen molar-refractivity contribution in [3.63, 3.8) is 0 Å². The first kappa shape index (κ1) is 10.5. The smallest absolute Gasteiger partial charge is 0.123 e.